The number of hydrogen-bond donors (Lipinski definition) is 0. The summed E-state index contributed by atoms with van der Waals surface area (Å²) in [5.74, 6) is 0. The van der Waals surface area contributed by atoms with Crippen molar-refractivity contribution in [2.24, 2.45) is 0 Å². The predicted molar refractivity (Wildman–Crippen MR) is 253 cm³/mol. The quantitative estimate of drug-likeness (QED) is 0.153. The summed E-state index contributed by atoms with van der Waals surface area (Å²) >= 11 is 0. The largest absolute Gasteiger partial charge is 0.456 e. The Labute approximate surface area is 349 Å². The van der Waals surface area contributed by atoms with Gasteiger partial charge in [0.25, 0.3) is 0 Å². The minimum Gasteiger partial charge on any atom is -0.456 e. The standard InChI is InChI=1S/C58H39NO/c1-2-16-40(17-3-1)48-23-6-8-25-51(48)53-27-10-11-28-54(53)52-26-9-7-24-49(52)42-32-34-44(35-33-42)59(46-36-37-58-56(39-46)55-29-12-13-31-57(55)60-58)45-21-14-20-43(38-45)50-30-15-19-41-18-4-5-22-47(41)50/h1-39H. The first-order chi connectivity index (χ1) is 29.8. The average molecular weight is 766 g/mol. The molecule has 0 aliphatic carbocycles. The summed E-state index contributed by atoms with van der Waals surface area (Å²) in [4.78, 5) is 2.36. The van der Waals surface area contributed by atoms with Crippen molar-refractivity contribution >= 4 is 49.8 Å². The van der Waals surface area contributed by atoms with E-state index < -0.39 is 0 Å². The monoisotopic (exact) mass is 765 g/mol. The second kappa shape index (κ2) is 15.1. The summed E-state index contributed by atoms with van der Waals surface area (Å²) in [6.45, 7) is 0. The average Bonchev–Trinajstić information content (AvgIpc) is 3.70. The molecule has 11 rings (SSSR count). The van der Waals surface area contributed by atoms with Crippen LogP contribution in [-0.2, 0) is 0 Å². The van der Waals surface area contributed by atoms with Gasteiger partial charge in [-0.3, -0.25) is 0 Å². The van der Waals surface area contributed by atoms with Gasteiger partial charge in [0.1, 0.15) is 11.2 Å². The molecule has 0 saturated carbocycles. The lowest BCUT2D eigenvalue weighted by Gasteiger charge is -2.26. The van der Waals surface area contributed by atoms with Gasteiger partial charge in [-0.15, -0.1) is 0 Å². The van der Waals surface area contributed by atoms with Gasteiger partial charge in [0.15, 0.2) is 0 Å². The van der Waals surface area contributed by atoms with Crippen LogP contribution < -0.4 is 4.90 Å². The molecule has 0 spiro atoms. The maximum absolute atomic E-state index is 6.28. The molecular formula is C58H39NO. The van der Waals surface area contributed by atoms with Crippen LogP contribution in [-0.4, -0.2) is 0 Å². The summed E-state index contributed by atoms with van der Waals surface area (Å²) in [5, 5.41) is 4.67. The minimum absolute atomic E-state index is 0.878. The van der Waals surface area contributed by atoms with Gasteiger partial charge < -0.3 is 9.32 Å². The molecule has 0 bridgehead atoms. The Balaban J connectivity index is 1.03. The highest BCUT2D eigenvalue weighted by Gasteiger charge is 2.19. The highest BCUT2D eigenvalue weighted by Crippen LogP contribution is 2.44. The van der Waals surface area contributed by atoms with Crippen LogP contribution >= 0.6 is 0 Å². The number of benzene rings is 10. The fourth-order valence-electron chi connectivity index (χ4n) is 8.89. The number of hydrogen-bond acceptors (Lipinski definition) is 2. The lowest BCUT2D eigenvalue weighted by Crippen LogP contribution is -2.10. The molecule has 10 aromatic carbocycles. The number of nitrogens with zero attached hydrogens (tertiary/aromatic N) is 1. The van der Waals surface area contributed by atoms with Crippen molar-refractivity contribution in [1.29, 1.82) is 0 Å². The van der Waals surface area contributed by atoms with E-state index in [0.29, 0.717) is 0 Å². The number of anilines is 3. The van der Waals surface area contributed by atoms with Gasteiger partial charge in [0, 0.05) is 27.8 Å². The van der Waals surface area contributed by atoms with Crippen molar-refractivity contribution < 1.29 is 4.42 Å². The van der Waals surface area contributed by atoms with Crippen molar-refractivity contribution in [2.75, 3.05) is 4.90 Å². The summed E-state index contributed by atoms with van der Waals surface area (Å²) in [7, 11) is 0. The molecule has 1 aromatic heterocycles. The van der Waals surface area contributed by atoms with Crippen LogP contribution in [0.4, 0.5) is 17.1 Å². The highest BCUT2D eigenvalue weighted by atomic mass is 16.3. The van der Waals surface area contributed by atoms with Crippen LogP contribution in [0.5, 0.6) is 0 Å². The first-order valence-corrected chi connectivity index (χ1v) is 20.5. The van der Waals surface area contributed by atoms with Crippen LogP contribution in [0.3, 0.4) is 0 Å². The fraction of sp³-hybridized carbons (Fsp3) is 0. The molecule has 0 N–H and O–H groups in total. The van der Waals surface area contributed by atoms with Gasteiger partial charge in [0.05, 0.1) is 0 Å². The van der Waals surface area contributed by atoms with E-state index in [1.807, 2.05) is 12.1 Å². The molecule has 0 unspecified atom stereocenters. The van der Waals surface area contributed by atoms with E-state index in [4.69, 9.17) is 4.42 Å². The van der Waals surface area contributed by atoms with Gasteiger partial charge in [-0.1, -0.05) is 188 Å². The molecule has 2 heteroatoms. The molecule has 11 aromatic rings. The van der Waals surface area contributed by atoms with Gasteiger partial charge >= 0.3 is 0 Å². The van der Waals surface area contributed by atoms with Crippen LogP contribution in [0, 0.1) is 0 Å². The fourth-order valence-corrected chi connectivity index (χ4v) is 8.89. The third-order valence-corrected chi connectivity index (χ3v) is 11.7. The van der Waals surface area contributed by atoms with E-state index >= 15 is 0 Å². The van der Waals surface area contributed by atoms with Crippen LogP contribution in [0.1, 0.15) is 0 Å². The first-order valence-electron chi connectivity index (χ1n) is 20.5. The summed E-state index contributed by atoms with van der Waals surface area (Å²) in [5.41, 5.74) is 16.9. The number of para-hydroxylation sites is 1. The normalized spacial score (nSPS) is 11.3. The number of rotatable bonds is 8. The molecule has 60 heavy (non-hydrogen) atoms. The van der Waals surface area contributed by atoms with E-state index in [2.05, 4.69) is 229 Å². The zero-order chi connectivity index (χ0) is 39.8. The molecular weight excluding hydrogens is 727 g/mol. The van der Waals surface area contributed by atoms with Crippen molar-refractivity contribution in [2.45, 2.75) is 0 Å². The predicted octanol–water partition coefficient (Wildman–Crippen LogP) is 16.5. The summed E-state index contributed by atoms with van der Waals surface area (Å²) in [6, 6.07) is 84.9. The Bertz CT molecular complexity index is 3320. The molecule has 0 radical (unpaired) electrons. The van der Waals surface area contributed by atoms with Crippen LogP contribution in [0.25, 0.3) is 88.3 Å². The molecule has 0 fully saturated rings. The highest BCUT2D eigenvalue weighted by molar-refractivity contribution is 6.07. The van der Waals surface area contributed by atoms with E-state index in [1.54, 1.807) is 0 Å². The molecule has 1 heterocycles. The molecule has 0 aliphatic rings. The van der Waals surface area contributed by atoms with Crippen molar-refractivity contribution in [3.63, 3.8) is 0 Å². The van der Waals surface area contributed by atoms with Crippen molar-refractivity contribution in [3.8, 4) is 55.6 Å². The third-order valence-electron chi connectivity index (χ3n) is 11.7. The zero-order valence-electron chi connectivity index (χ0n) is 32.9. The maximum Gasteiger partial charge on any atom is 0.135 e. The summed E-state index contributed by atoms with van der Waals surface area (Å²) in [6.07, 6.45) is 0. The number of fused-ring (bicyclic) bond motifs is 4. The second-order valence-electron chi connectivity index (χ2n) is 15.2. The Hall–Kier alpha value is -7.94. The van der Waals surface area contributed by atoms with Crippen molar-refractivity contribution in [3.05, 3.63) is 237 Å². The van der Waals surface area contributed by atoms with Crippen LogP contribution in [0.15, 0.2) is 241 Å². The van der Waals surface area contributed by atoms with Gasteiger partial charge in [-0.25, -0.2) is 0 Å². The van der Waals surface area contributed by atoms with Gasteiger partial charge in [-0.05, 0) is 115 Å². The SMILES string of the molecule is c1ccc(-c2ccccc2-c2ccccc2-c2ccccc2-c2ccc(N(c3cccc(-c4cccc5ccccc45)c3)c3ccc4oc5ccccc5c4c3)cc2)cc1. The topological polar surface area (TPSA) is 16.4 Å². The molecule has 0 amide bonds. The Kier molecular flexibility index (Phi) is 8.87. The van der Waals surface area contributed by atoms with Crippen LogP contribution in [0.2, 0.25) is 0 Å². The second-order valence-corrected chi connectivity index (χ2v) is 15.2. The third kappa shape index (κ3) is 6.32. The molecule has 2 nitrogen and oxygen atoms in total. The van der Waals surface area contributed by atoms with E-state index in [1.165, 1.54) is 60.8 Å². The molecule has 0 saturated heterocycles. The smallest absolute Gasteiger partial charge is 0.135 e. The number of furan rings is 1. The zero-order valence-corrected chi connectivity index (χ0v) is 32.9. The Morgan fingerprint density at radius 3 is 1.43 bits per heavy atom. The Morgan fingerprint density at radius 2 is 0.717 bits per heavy atom. The first kappa shape index (κ1) is 35.2. The van der Waals surface area contributed by atoms with Gasteiger partial charge in [-0.2, -0.15) is 0 Å². The van der Waals surface area contributed by atoms with Crippen molar-refractivity contribution in [1.82, 2.24) is 0 Å². The lowest BCUT2D eigenvalue weighted by molar-refractivity contribution is 0.669. The Morgan fingerprint density at radius 1 is 0.250 bits per heavy atom. The van der Waals surface area contributed by atoms with E-state index in [9.17, 15) is 0 Å². The maximum atomic E-state index is 6.28. The van der Waals surface area contributed by atoms with E-state index in [-0.39, 0.29) is 0 Å². The molecule has 0 atom stereocenters. The van der Waals surface area contributed by atoms with Gasteiger partial charge in [0.2, 0.25) is 0 Å². The van der Waals surface area contributed by atoms with E-state index in [0.717, 1.165) is 44.6 Å². The summed E-state index contributed by atoms with van der Waals surface area (Å²) < 4.78 is 6.28. The molecule has 282 valence electrons. The lowest BCUT2D eigenvalue weighted by atomic mass is 9.87. The molecule has 0 aliphatic heterocycles. The minimum atomic E-state index is 0.878.